The second-order valence-corrected chi connectivity index (χ2v) is 8.10. The van der Waals surface area contributed by atoms with Gasteiger partial charge in [0.25, 0.3) is 0 Å². The van der Waals surface area contributed by atoms with Gasteiger partial charge in [0.15, 0.2) is 0 Å². The van der Waals surface area contributed by atoms with Crippen LogP contribution in [0.15, 0.2) is 35.4 Å². The minimum absolute atomic E-state index is 0.414. The summed E-state index contributed by atoms with van der Waals surface area (Å²) in [5, 5.41) is 0. The Hall–Kier alpha value is -1.50. The van der Waals surface area contributed by atoms with Gasteiger partial charge in [-0.05, 0) is 89.3 Å². The first-order chi connectivity index (χ1) is 11.0. The van der Waals surface area contributed by atoms with Gasteiger partial charge in [0.1, 0.15) is 5.75 Å². The average molecular weight is 308 g/mol. The molecule has 0 aliphatic heterocycles. The molecule has 0 N–H and O–H groups in total. The van der Waals surface area contributed by atoms with E-state index >= 15 is 0 Å². The maximum atomic E-state index is 5.41. The first-order valence-electron chi connectivity index (χ1n) is 9.15. The van der Waals surface area contributed by atoms with Crippen molar-refractivity contribution >= 4 is 5.57 Å². The van der Waals surface area contributed by atoms with Crippen molar-refractivity contribution in [1.29, 1.82) is 0 Å². The highest BCUT2D eigenvalue weighted by atomic mass is 16.5. The Morgan fingerprint density at radius 1 is 1.13 bits per heavy atom. The normalized spacial score (nSPS) is 29.1. The Labute approximate surface area is 140 Å². The van der Waals surface area contributed by atoms with Crippen molar-refractivity contribution in [2.75, 3.05) is 7.11 Å². The molecule has 4 rings (SSSR count). The minimum atomic E-state index is 0.414. The molecule has 1 heteroatoms. The van der Waals surface area contributed by atoms with Crippen LogP contribution in [0.2, 0.25) is 0 Å². The molecule has 2 atom stereocenters. The van der Waals surface area contributed by atoms with Gasteiger partial charge in [-0.1, -0.05) is 32.9 Å². The lowest BCUT2D eigenvalue weighted by molar-refractivity contribution is 0.185. The monoisotopic (exact) mass is 308 g/mol. The molecule has 1 aromatic carbocycles. The van der Waals surface area contributed by atoms with Crippen molar-refractivity contribution in [1.82, 2.24) is 0 Å². The van der Waals surface area contributed by atoms with Crippen molar-refractivity contribution in [3.05, 3.63) is 46.5 Å². The van der Waals surface area contributed by atoms with Crippen molar-refractivity contribution in [2.24, 2.45) is 17.3 Å². The highest BCUT2D eigenvalue weighted by molar-refractivity contribution is 5.79. The van der Waals surface area contributed by atoms with E-state index in [-0.39, 0.29) is 0 Å². The molecule has 0 radical (unpaired) electrons. The lowest BCUT2D eigenvalue weighted by Gasteiger charge is -2.44. The van der Waals surface area contributed by atoms with Crippen molar-refractivity contribution in [3.63, 3.8) is 0 Å². The Morgan fingerprint density at radius 2 is 1.96 bits per heavy atom. The van der Waals surface area contributed by atoms with Crippen LogP contribution in [0.5, 0.6) is 5.75 Å². The zero-order valence-corrected chi connectivity index (χ0v) is 14.9. The predicted octanol–water partition coefficient (Wildman–Crippen LogP) is 5.80. The van der Waals surface area contributed by atoms with Gasteiger partial charge in [-0.15, -0.1) is 0 Å². The topological polar surface area (TPSA) is 9.23 Å². The predicted molar refractivity (Wildman–Crippen MR) is 96.6 cm³/mol. The van der Waals surface area contributed by atoms with E-state index in [1.807, 2.05) is 0 Å². The fourth-order valence-corrected chi connectivity index (χ4v) is 5.47. The number of methoxy groups -OCH3 is 1. The number of rotatable bonds is 2. The molecule has 0 heterocycles. The Kier molecular flexibility index (Phi) is 3.44. The molecule has 122 valence electrons. The van der Waals surface area contributed by atoms with Crippen molar-refractivity contribution in [3.8, 4) is 5.75 Å². The number of ether oxygens (including phenoxy) is 1. The quantitative estimate of drug-likeness (QED) is 0.671. The first kappa shape index (κ1) is 15.1. The molecule has 23 heavy (non-hydrogen) atoms. The van der Waals surface area contributed by atoms with E-state index in [4.69, 9.17) is 4.74 Å². The van der Waals surface area contributed by atoms with Crippen LogP contribution in [0.3, 0.4) is 0 Å². The molecule has 0 bridgehead atoms. The first-order valence-corrected chi connectivity index (χ1v) is 9.15. The largest absolute Gasteiger partial charge is 0.497 e. The van der Waals surface area contributed by atoms with Gasteiger partial charge in [0.2, 0.25) is 0 Å². The summed E-state index contributed by atoms with van der Waals surface area (Å²) in [5.74, 6) is 2.59. The van der Waals surface area contributed by atoms with E-state index in [0.717, 1.165) is 24.0 Å². The van der Waals surface area contributed by atoms with Crippen LogP contribution in [-0.4, -0.2) is 7.11 Å². The van der Waals surface area contributed by atoms with Gasteiger partial charge >= 0.3 is 0 Å². The molecule has 1 nitrogen and oxygen atoms in total. The van der Waals surface area contributed by atoms with E-state index in [9.17, 15) is 0 Å². The van der Waals surface area contributed by atoms with Crippen LogP contribution in [0.1, 0.15) is 57.6 Å². The van der Waals surface area contributed by atoms with E-state index in [0.29, 0.717) is 5.41 Å². The highest BCUT2D eigenvalue weighted by Crippen LogP contribution is 2.59. The molecule has 1 aromatic rings. The molecule has 0 saturated carbocycles. The Bertz CT molecular complexity index is 707. The summed E-state index contributed by atoms with van der Waals surface area (Å²) in [6.07, 6.45) is 8.77. The second kappa shape index (κ2) is 5.26. The second-order valence-electron chi connectivity index (χ2n) is 8.10. The SMILES string of the molecule is COc1ccc2c(c1)CCC1=C2CC[C@@]2(C)C1=CC[C@@H]2C(C)C. The minimum Gasteiger partial charge on any atom is -0.497 e. The molecule has 0 spiro atoms. The van der Waals surface area contributed by atoms with Gasteiger partial charge < -0.3 is 4.74 Å². The number of hydrogen-bond donors (Lipinski definition) is 0. The molecule has 0 unspecified atom stereocenters. The van der Waals surface area contributed by atoms with E-state index < -0.39 is 0 Å². The molecule has 0 fully saturated rings. The summed E-state index contributed by atoms with van der Waals surface area (Å²) in [4.78, 5) is 0. The summed E-state index contributed by atoms with van der Waals surface area (Å²) in [7, 11) is 1.76. The Morgan fingerprint density at radius 3 is 2.70 bits per heavy atom. The van der Waals surface area contributed by atoms with Gasteiger partial charge in [0.05, 0.1) is 7.11 Å². The van der Waals surface area contributed by atoms with Crippen LogP contribution in [0.25, 0.3) is 5.57 Å². The molecule has 0 amide bonds. The lowest BCUT2D eigenvalue weighted by atomic mass is 9.60. The molecule has 3 aliphatic rings. The van der Waals surface area contributed by atoms with E-state index in [1.165, 1.54) is 36.8 Å². The summed E-state index contributed by atoms with van der Waals surface area (Å²) in [5.41, 5.74) is 8.38. The average Bonchev–Trinajstić information content (AvgIpc) is 2.91. The number of fused-ring (bicyclic) bond motifs is 4. The molecule has 3 aliphatic carbocycles. The van der Waals surface area contributed by atoms with Crippen LogP contribution in [-0.2, 0) is 6.42 Å². The van der Waals surface area contributed by atoms with Crippen LogP contribution >= 0.6 is 0 Å². The lowest BCUT2D eigenvalue weighted by Crippen LogP contribution is -2.33. The summed E-state index contributed by atoms with van der Waals surface area (Å²) < 4.78 is 5.41. The van der Waals surface area contributed by atoms with Crippen LogP contribution in [0.4, 0.5) is 0 Å². The zero-order chi connectivity index (χ0) is 16.2. The van der Waals surface area contributed by atoms with E-state index in [2.05, 4.69) is 45.0 Å². The third kappa shape index (κ3) is 2.12. The number of aryl methyl sites for hydroxylation is 1. The third-order valence-corrected chi connectivity index (χ3v) is 6.68. The zero-order valence-electron chi connectivity index (χ0n) is 14.9. The van der Waals surface area contributed by atoms with Crippen LogP contribution in [0, 0.1) is 17.3 Å². The smallest absolute Gasteiger partial charge is 0.119 e. The van der Waals surface area contributed by atoms with Crippen molar-refractivity contribution in [2.45, 2.75) is 52.9 Å². The fraction of sp³-hybridized carbons (Fsp3) is 0.545. The molecule has 0 aromatic heterocycles. The molecular weight excluding hydrogens is 280 g/mol. The van der Waals surface area contributed by atoms with Gasteiger partial charge in [-0.3, -0.25) is 0 Å². The Balaban J connectivity index is 1.78. The fourth-order valence-electron chi connectivity index (χ4n) is 5.47. The van der Waals surface area contributed by atoms with Gasteiger partial charge in [-0.2, -0.15) is 0 Å². The number of allylic oxidation sites excluding steroid dienone is 4. The van der Waals surface area contributed by atoms with Crippen molar-refractivity contribution < 1.29 is 4.74 Å². The molecule has 0 saturated heterocycles. The maximum Gasteiger partial charge on any atom is 0.119 e. The number of hydrogen-bond acceptors (Lipinski definition) is 1. The molecular formula is C22H28O. The summed E-state index contributed by atoms with van der Waals surface area (Å²) in [6.45, 7) is 7.34. The third-order valence-electron chi connectivity index (χ3n) is 6.68. The van der Waals surface area contributed by atoms with Crippen LogP contribution < -0.4 is 4.74 Å². The summed E-state index contributed by atoms with van der Waals surface area (Å²) in [6, 6.07) is 6.66. The highest BCUT2D eigenvalue weighted by Gasteiger charge is 2.46. The van der Waals surface area contributed by atoms with Gasteiger partial charge in [0, 0.05) is 0 Å². The standard InChI is InChI=1S/C22H28O/c1-14(2)20-9-10-21-19-7-5-15-13-16(23-4)6-8-17(15)18(19)11-12-22(20,21)3/h6,8,10,13-14,20H,5,7,9,11-12H2,1-4H3/t20-,22-/m1/s1. The van der Waals surface area contributed by atoms with E-state index in [1.54, 1.807) is 23.8 Å². The summed E-state index contributed by atoms with van der Waals surface area (Å²) >= 11 is 0. The number of benzene rings is 1. The van der Waals surface area contributed by atoms with Gasteiger partial charge in [-0.25, -0.2) is 0 Å². The maximum absolute atomic E-state index is 5.41.